The second kappa shape index (κ2) is 4.86. The van der Waals surface area contributed by atoms with Crippen molar-refractivity contribution >= 4 is 0 Å². The molecule has 0 aromatic heterocycles. The second-order valence-electron chi connectivity index (χ2n) is 5.40. The first-order valence-corrected chi connectivity index (χ1v) is 7.00. The Kier molecular flexibility index (Phi) is 3.17. The highest BCUT2D eigenvalue weighted by molar-refractivity contribution is 5.77. The molecular weight excluding hydrogens is 248 g/mol. The van der Waals surface area contributed by atoms with Gasteiger partial charge in [-0.15, -0.1) is 0 Å². The van der Waals surface area contributed by atoms with E-state index in [0.717, 1.165) is 24.3 Å². The Morgan fingerprint density at radius 3 is 2.30 bits per heavy atom. The van der Waals surface area contributed by atoms with E-state index in [1.165, 1.54) is 33.4 Å². The van der Waals surface area contributed by atoms with Gasteiger partial charge in [0.15, 0.2) is 0 Å². The molecule has 2 heteroatoms. The quantitative estimate of drug-likeness (QED) is 0.817. The van der Waals surface area contributed by atoms with Crippen LogP contribution in [0.15, 0.2) is 24.3 Å². The summed E-state index contributed by atoms with van der Waals surface area (Å²) in [4.78, 5) is 0. The van der Waals surface area contributed by atoms with E-state index in [1.807, 2.05) is 0 Å². The molecule has 1 aliphatic carbocycles. The summed E-state index contributed by atoms with van der Waals surface area (Å²) in [5, 5.41) is 0. The molecule has 0 saturated carbocycles. The van der Waals surface area contributed by atoms with Crippen molar-refractivity contribution in [2.24, 2.45) is 0 Å². The maximum absolute atomic E-state index is 5.44. The van der Waals surface area contributed by atoms with Crippen molar-refractivity contribution in [3.8, 4) is 22.6 Å². The van der Waals surface area contributed by atoms with Gasteiger partial charge in [0, 0.05) is 0 Å². The number of fused-ring (bicyclic) bond motifs is 3. The fourth-order valence-electron chi connectivity index (χ4n) is 3.20. The summed E-state index contributed by atoms with van der Waals surface area (Å²) in [5.74, 6) is 1.97. The van der Waals surface area contributed by atoms with Gasteiger partial charge in [0.2, 0.25) is 0 Å². The van der Waals surface area contributed by atoms with Gasteiger partial charge < -0.3 is 9.47 Å². The van der Waals surface area contributed by atoms with Crippen molar-refractivity contribution in [3.05, 3.63) is 46.5 Å². The fourth-order valence-corrected chi connectivity index (χ4v) is 3.20. The van der Waals surface area contributed by atoms with Crippen molar-refractivity contribution < 1.29 is 9.47 Å². The van der Waals surface area contributed by atoms with Crippen molar-refractivity contribution in [2.75, 3.05) is 14.2 Å². The first-order chi connectivity index (χ1) is 9.65. The average Bonchev–Trinajstić information content (AvgIpc) is 2.47. The predicted octanol–water partition coefficient (Wildman–Crippen LogP) is 4.09. The van der Waals surface area contributed by atoms with Crippen LogP contribution in [-0.4, -0.2) is 14.2 Å². The van der Waals surface area contributed by atoms with E-state index in [4.69, 9.17) is 9.47 Å². The molecule has 2 aromatic rings. The predicted molar refractivity (Wildman–Crippen MR) is 81.9 cm³/mol. The van der Waals surface area contributed by atoms with Gasteiger partial charge in [0.05, 0.1) is 14.2 Å². The number of hydrogen-bond donors (Lipinski definition) is 0. The zero-order valence-electron chi connectivity index (χ0n) is 12.5. The summed E-state index contributed by atoms with van der Waals surface area (Å²) in [6, 6.07) is 8.69. The number of hydrogen-bond acceptors (Lipinski definition) is 2. The van der Waals surface area contributed by atoms with Gasteiger partial charge in [-0.3, -0.25) is 0 Å². The third kappa shape index (κ3) is 1.87. The normalized spacial score (nSPS) is 12.6. The summed E-state index contributed by atoms with van der Waals surface area (Å²) < 4.78 is 10.9. The molecule has 0 heterocycles. The summed E-state index contributed by atoms with van der Waals surface area (Å²) in [6.45, 7) is 4.25. The zero-order chi connectivity index (χ0) is 14.3. The maximum Gasteiger partial charge on any atom is 0.122 e. The van der Waals surface area contributed by atoms with E-state index in [9.17, 15) is 0 Å². The minimum Gasteiger partial charge on any atom is -0.496 e. The lowest BCUT2D eigenvalue weighted by atomic mass is 9.82. The Morgan fingerprint density at radius 2 is 1.60 bits per heavy atom. The Balaban J connectivity index is 2.21. The van der Waals surface area contributed by atoms with Gasteiger partial charge in [-0.1, -0.05) is 6.07 Å². The summed E-state index contributed by atoms with van der Waals surface area (Å²) in [6.07, 6.45) is 2.13. The molecular formula is C18H20O2. The lowest BCUT2D eigenvalue weighted by Crippen LogP contribution is -2.07. The summed E-state index contributed by atoms with van der Waals surface area (Å²) in [5.41, 5.74) is 7.94. The molecule has 0 atom stereocenters. The largest absolute Gasteiger partial charge is 0.496 e. The molecule has 0 spiro atoms. The van der Waals surface area contributed by atoms with E-state index < -0.39 is 0 Å². The van der Waals surface area contributed by atoms with Crippen LogP contribution in [-0.2, 0) is 12.8 Å². The molecule has 0 bridgehead atoms. The van der Waals surface area contributed by atoms with Crippen molar-refractivity contribution in [1.82, 2.24) is 0 Å². The van der Waals surface area contributed by atoms with Crippen LogP contribution >= 0.6 is 0 Å². The molecule has 104 valence electrons. The van der Waals surface area contributed by atoms with E-state index >= 15 is 0 Å². The Hall–Kier alpha value is -1.96. The van der Waals surface area contributed by atoms with Crippen LogP contribution in [0.2, 0.25) is 0 Å². The monoisotopic (exact) mass is 268 g/mol. The molecule has 0 radical (unpaired) electrons. The van der Waals surface area contributed by atoms with Gasteiger partial charge in [0.25, 0.3) is 0 Å². The fraction of sp³-hybridized carbons (Fsp3) is 0.333. The summed E-state index contributed by atoms with van der Waals surface area (Å²) >= 11 is 0. The Labute approximate surface area is 120 Å². The van der Waals surface area contributed by atoms with Crippen molar-refractivity contribution in [1.29, 1.82) is 0 Å². The molecule has 0 unspecified atom stereocenters. The van der Waals surface area contributed by atoms with E-state index in [1.54, 1.807) is 14.2 Å². The Bertz CT molecular complexity index is 670. The third-order valence-corrected chi connectivity index (χ3v) is 4.32. The van der Waals surface area contributed by atoms with E-state index in [-0.39, 0.29) is 0 Å². The Morgan fingerprint density at radius 1 is 0.850 bits per heavy atom. The zero-order valence-corrected chi connectivity index (χ0v) is 12.5. The number of benzene rings is 2. The first kappa shape index (κ1) is 13.0. The average molecular weight is 268 g/mol. The molecule has 3 rings (SSSR count). The van der Waals surface area contributed by atoms with Gasteiger partial charge in [0.1, 0.15) is 11.5 Å². The number of rotatable bonds is 2. The molecule has 0 amide bonds. The number of aryl methyl sites for hydroxylation is 2. The maximum atomic E-state index is 5.44. The van der Waals surface area contributed by atoms with Crippen LogP contribution in [0.3, 0.4) is 0 Å². The van der Waals surface area contributed by atoms with Crippen LogP contribution in [0.1, 0.15) is 22.3 Å². The molecule has 2 nitrogen and oxygen atoms in total. The number of methoxy groups -OCH3 is 2. The van der Waals surface area contributed by atoms with E-state index in [0.29, 0.717) is 0 Å². The number of ether oxygens (including phenoxy) is 2. The minimum absolute atomic E-state index is 0.984. The standard InChI is InChI=1S/C18H20O2/c1-11-9-16-13(10-18(11)20-4)5-6-14-12(2)17(19-3)8-7-15(14)16/h7-10H,5-6H2,1-4H3. The lowest BCUT2D eigenvalue weighted by Gasteiger charge is -2.24. The van der Waals surface area contributed by atoms with Crippen LogP contribution < -0.4 is 9.47 Å². The van der Waals surface area contributed by atoms with Crippen molar-refractivity contribution in [2.45, 2.75) is 26.7 Å². The molecule has 0 N–H and O–H groups in total. The van der Waals surface area contributed by atoms with Crippen LogP contribution in [0, 0.1) is 13.8 Å². The lowest BCUT2D eigenvalue weighted by molar-refractivity contribution is 0.410. The molecule has 2 aromatic carbocycles. The molecule has 20 heavy (non-hydrogen) atoms. The van der Waals surface area contributed by atoms with Gasteiger partial charge in [-0.2, -0.15) is 0 Å². The molecule has 0 fully saturated rings. The van der Waals surface area contributed by atoms with E-state index in [2.05, 4.69) is 38.1 Å². The smallest absolute Gasteiger partial charge is 0.122 e. The topological polar surface area (TPSA) is 18.5 Å². The molecule has 0 saturated heterocycles. The molecule has 0 aliphatic heterocycles. The second-order valence-corrected chi connectivity index (χ2v) is 5.40. The SMILES string of the molecule is COc1cc2c(cc1C)-c1ccc(OC)c(C)c1CC2. The van der Waals surface area contributed by atoms with Gasteiger partial charge in [-0.05, 0) is 78.3 Å². The highest BCUT2D eigenvalue weighted by Crippen LogP contribution is 2.40. The van der Waals surface area contributed by atoms with Crippen LogP contribution in [0.5, 0.6) is 11.5 Å². The van der Waals surface area contributed by atoms with Gasteiger partial charge in [-0.25, -0.2) is 0 Å². The highest BCUT2D eigenvalue weighted by atomic mass is 16.5. The third-order valence-electron chi connectivity index (χ3n) is 4.32. The minimum atomic E-state index is 0.984. The molecule has 1 aliphatic rings. The highest BCUT2D eigenvalue weighted by Gasteiger charge is 2.20. The summed E-state index contributed by atoms with van der Waals surface area (Å²) in [7, 11) is 3.47. The first-order valence-electron chi connectivity index (χ1n) is 7.00. The van der Waals surface area contributed by atoms with Crippen LogP contribution in [0.25, 0.3) is 11.1 Å². The van der Waals surface area contributed by atoms with Crippen LogP contribution in [0.4, 0.5) is 0 Å². The van der Waals surface area contributed by atoms with Gasteiger partial charge >= 0.3 is 0 Å². The van der Waals surface area contributed by atoms with Crippen molar-refractivity contribution in [3.63, 3.8) is 0 Å².